The van der Waals surface area contributed by atoms with Crippen molar-refractivity contribution in [3.8, 4) is 0 Å². The normalized spacial score (nSPS) is 27.7. The van der Waals surface area contributed by atoms with E-state index in [4.69, 9.17) is 5.73 Å². The summed E-state index contributed by atoms with van der Waals surface area (Å²) in [5.41, 5.74) is 6.08. The van der Waals surface area contributed by atoms with E-state index in [1.54, 1.807) is 0 Å². The lowest BCUT2D eigenvalue weighted by Gasteiger charge is -2.36. The first-order chi connectivity index (χ1) is 11.6. The predicted octanol–water partition coefficient (Wildman–Crippen LogP) is 2.11. The average Bonchev–Trinajstić information content (AvgIpc) is 3.00. The molecular weight excluding hydrogens is 340 g/mol. The third kappa shape index (κ3) is 5.48. The lowest BCUT2D eigenvalue weighted by molar-refractivity contribution is -0.133. The highest BCUT2D eigenvalue weighted by Gasteiger charge is 2.30. The van der Waals surface area contributed by atoms with Gasteiger partial charge in [0.25, 0.3) is 0 Å². The Hall–Kier alpha value is -1.01. The number of nitrogens with two attached hydrogens (primary N) is 1. The van der Waals surface area contributed by atoms with Gasteiger partial charge in [-0.1, -0.05) is 25.7 Å². The molecule has 3 aliphatic rings. The number of hydrogen-bond donors (Lipinski definition) is 2. The van der Waals surface area contributed by atoms with Crippen LogP contribution in [0.5, 0.6) is 0 Å². The molecule has 0 aromatic rings. The van der Waals surface area contributed by atoms with Crippen molar-refractivity contribution in [3.63, 3.8) is 0 Å². The molecule has 3 N–H and O–H groups in total. The Bertz CT molecular complexity index is 448. The molecule has 0 aromatic carbocycles. The van der Waals surface area contributed by atoms with Crippen LogP contribution < -0.4 is 11.1 Å². The van der Waals surface area contributed by atoms with Crippen LogP contribution in [0.3, 0.4) is 0 Å². The zero-order valence-corrected chi connectivity index (χ0v) is 15.9. The number of hydrogen-bond acceptors (Lipinski definition) is 3. The summed E-state index contributed by atoms with van der Waals surface area (Å²) in [4.78, 5) is 28.6. The van der Waals surface area contributed by atoms with Gasteiger partial charge >= 0.3 is 6.03 Å². The van der Waals surface area contributed by atoms with E-state index in [9.17, 15) is 9.59 Å². The summed E-state index contributed by atoms with van der Waals surface area (Å²) in [6.07, 6.45) is 9.79. The number of halogens is 1. The summed E-state index contributed by atoms with van der Waals surface area (Å²) in [5, 5.41) is 3.16. The van der Waals surface area contributed by atoms with Crippen LogP contribution >= 0.6 is 12.4 Å². The van der Waals surface area contributed by atoms with E-state index in [2.05, 4.69) is 5.32 Å². The molecule has 3 rings (SSSR count). The van der Waals surface area contributed by atoms with Crippen molar-refractivity contribution in [2.75, 3.05) is 26.2 Å². The van der Waals surface area contributed by atoms with Crippen LogP contribution in [-0.2, 0) is 4.79 Å². The fourth-order valence-electron chi connectivity index (χ4n) is 4.34. The third-order valence-corrected chi connectivity index (χ3v) is 6.01. The molecule has 0 aromatic heterocycles. The van der Waals surface area contributed by atoms with Gasteiger partial charge in [0.2, 0.25) is 5.91 Å². The zero-order valence-electron chi connectivity index (χ0n) is 15.1. The quantitative estimate of drug-likeness (QED) is 0.796. The zero-order chi connectivity index (χ0) is 16.9. The Morgan fingerprint density at radius 1 is 0.880 bits per heavy atom. The second kappa shape index (κ2) is 9.62. The molecule has 144 valence electrons. The Labute approximate surface area is 157 Å². The van der Waals surface area contributed by atoms with Crippen LogP contribution in [0.25, 0.3) is 0 Å². The summed E-state index contributed by atoms with van der Waals surface area (Å²) in [6, 6.07) is 0.582. The lowest BCUT2D eigenvalue weighted by Crippen LogP contribution is -2.55. The topological polar surface area (TPSA) is 78.7 Å². The number of amides is 3. The third-order valence-electron chi connectivity index (χ3n) is 6.01. The molecule has 2 saturated carbocycles. The summed E-state index contributed by atoms with van der Waals surface area (Å²) in [6.45, 7) is 2.58. The van der Waals surface area contributed by atoms with Gasteiger partial charge in [0, 0.05) is 44.7 Å². The van der Waals surface area contributed by atoms with Crippen molar-refractivity contribution in [1.29, 1.82) is 0 Å². The maximum absolute atomic E-state index is 12.4. The Morgan fingerprint density at radius 3 is 2.12 bits per heavy atom. The van der Waals surface area contributed by atoms with Gasteiger partial charge in [0.05, 0.1) is 0 Å². The molecule has 25 heavy (non-hydrogen) atoms. The second-order valence-corrected chi connectivity index (χ2v) is 7.71. The van der Waals surface area contributed by atoms with Gasteiger partial charge in [-0.05, 0) is 31.6 Å². The van der Waals surface area contributed by atoms with Crippen molar-refractivity contribution in [1.82, 2.24) is 15.1 Å². The van der Waals surface area contributed by atoms with E-state index >= 15 is 0 Å². The monoisotopic (exact) mass is 372 g/mol. The largest absolute Gasteiger partial charge is 0.339 e. The van der Waals surface area contributed by atoms with Gasteiger partial charge < -0.3 is 20.9 Å². The van der Waals surface area contributed by atoms with Gasteiger partial charge in [0.1, 0.15) is 0 Å². The summed E-state index contributed by atoms with van der Waals surface area (Å²) in [5.74, 6) is 0.565. The molecule has 1 saturated heterocycles. The first-order valence-corrected chi connectivity index (χ1v) is 9.72. The molecule has 7 heteroatoms. The predicted molar refractivity (Wildman–Crippen MR) is 101 cm³/mol. The maximum Gasteiger partial charge on any atom is 0.317 e. The van der Waals surface area contributed by atoms with Crippen LogP contribution in [0.1, 0.15) is 57.8 Å². The molecule has 0 bridgehead atoms. The molecule has 0 spiro atoms. The number of carbonyl (C=O) groups excluding carboxylic acids is 2. The SMILES string of the molecule is Cl.N[C@@H]1CCC[C@H]1CC(=O)N1CCN(C(=O)NC2CCCCC2)CC1. The van der Waals surface area contributed by atoms with E-state index in [1.807, 2.05) is 9.80 Å². The number of nitrogens with one attached hydrogen (secondary N) is 1. The summed E-state index contributed by atoms with van der Waals surface area (Å²) >= 11 is 0. The Kier molecular flexibility index (Phi) is 7.81. The molecule has 3 amide bonds. The number of nitrogens with zero attached hydrogens (tertiary/aromatic N) is 2. The first kappa shape index (κ1) is 20.3. The Morgan fingerprint density at radius 2 is 1.52 bits per heavy atom. The summed E-state index contributed by atoms with van der Waals surface area (Å²) < 4.78 is 0. The lowest BCUT2D eigenvalue weighted by atomic mass is 9.96. The van der Waals surface area contributed by atoms with Gasteiger partial charge in [-0.2, -0.15) is 0 Å². The number of urea groups is 1. The maximum atomic E-state index is 12.4. The van der Waals surface area contributed by atoms with Crippen molar-refractivity contribution in [2.45, 2.75) is 69.9 Å². The number of rotatable bonds is 3. The number of piperazine rings is 1. The molecule has 0 unspecified atom stereocenters. The minimum atomic E-state index is 0. The number of carbonyl (C=O) groups is 2. The first-order valence-electron chi connectivity index (χ1n) is 9.72. The van der Waals surface area contributed by atoms with Crippen LogP contribution in [0, 0.1) is 5.92 Å². The van der Waals surface area contributed by atoms with Crippen molar-refractivity contribution >= 4 is 24.3 Å². The van der Waals surface area contributed by atoms with Crippen molar-refractivity contribution in [2.24, 2.45) is 11.7 Å². The fourth-order valence-corrected chi connectivity index (χ4v) is 4.34. The smallest absolute Gasteiger partial charge is 0.317 e. The van der Waals surface area contributed by atoms with E-state index in [1.165, 1.54) is 19.3 Å². The minimum absolute atomic E-state index is 0. The molecule has 3 fully saturated rings. The highest BCUT2D eigenvalue weighted by Crippen LogP contribution is 2.27. The van der Waals surface area contributed by atoms with Crippen LogP contribution in [0.2, 0.25) is 0 Å². The van der Waals surface area contributed by atoms with Gasteiger partial charge in [-0.15, -0.1) is 12.4 Å². The average molecular weight is 373 g/mol. The van der Waals surface area contributed by atoms with E-state index in [0.29, 0.717) is 44.6 Å². The van der Waals surface area contributed by atoms with E-state index in [-0.39, 0.29) is 30.4 Å². The second-order valence-electron chi connectivity index (χ2n) is 7.71. The van der Waals surface area contributed by atoms with Crippen LogP contribution in [0.15, 0.2) is 0 Å². The van der Waals surface area contributed by atoms with Crippen molar-refractivity contribution in [3.05, 3.63) is 0 Å². The fraction of sp³-hybridized carbons (Fsp3) is 0.889. The highest BCUT2D eigenvalue weighted by atomic mass is 35.5. The van der Waals surface area contributed by atoms with Gasteiger partial charge in [0.15, 0.2) is 0 Å². The molecule has 2 aliphatic carbocycles. The van der Waals surface area contributed by atoms with E-state index in [0.717, 1.165) is 32.1 Å². The van der Waals surface area contributed by atoms with Gasteiger partial charge in [-0.25, -0.2) is 4.79 Å². The standard InChI is InChI=1S/C18H32N4O2.ClH/c19-16-8-4-5-14(16)13-17(23)21-9-11-22(12-10-21)18(24)20-15-6-2-1-3-7-15;/h14-16H,1-13,19H2,(H,20,24);1H/t14-,16+;/m0./s1. The van der Waals surface area contributed by atoms with Crippen LogP contribution in [0.4, 0.5) is 4.79 Å². The minimum Gasteiger partial charge on any atom is -0.339 e. The Balaban J connectivity index is 0.00000225. The molecule has 1 heterocycles. The van der Waals surface area contributed by atoms with Gasteiger partial charge in [-0.3, -0.25) is 4.79 Å². The molecule has 0 radical (unpaired) electrons. The molecule has 1 aliphatic heterocycles. The summed E-state index contributed by atoms with van der Waals surface area (Å²) in [7, 11) is 0. The highest BCUT2D eigenvalue weighted by molar-refractivity contribution is 5.85. The molecule has 6 nitrogen and oxygen atoms in total. The van der Waals surface area contributed by atoms with Crippen molar-refractivity contribution < 1.29 is 9.59 Å². The molecular formula is C18H33ClN4O2. The van der Waals surface area contributed by atoms with E-state index < -0.39 is 0 Å². The van der Waals surface area contributed by atoms with Crippen LogP contribution in [-0.4, -0.2) is 60.0 Å². The molecule has 2 atom stereocenters.